The normalized spacial score (nSPS) is 6.00. The molecule has 78 valence electrons. The van der Waals surface area contributed by atoms with E-state index in [0.29, 0.717) is 0 Å². The molecule has 1 rings (SSSR count). The van der Waals surface area contributed by atoms with Gasteiger partial charge in [-0.2, -0.15) is 0 Å². The van der Waals surface area contributed by atoms with Gasteiger partial charge >= 0.3 is 0 Å². The van der Waals surface area contributed by atoms with Crippen LogP contribution in [-0.2, 0) is 0 Å². The number of hydrogen-bond donors (Lipinski definition) is 2. The second-order valence-electron chi connectivity index (χ2n) is 1.86. The number of benzene rings is 1. The van der Waals surface area contributed by atoms with E-state index in [-0.39, 0.29) is 0 Å². The maximum absolute atomic E-state index is 7.00. The molecule has 0 atom stereocenters. The molecular weight excluding hydrogens is 164 g/mol. The van der Waals surface area contributed by atoms with Gasteiger partial charge in [0.05, 0.1) is 0 Å². The summed E-state index contributed by atoms with van der Waals surface area (Å²) in [4.78, 5) is 0. The molecule has 0 aliphatic rings. The summed E-state index contributed by atoms with van der Waals surface area (Å²) in [5.74, 6) is 0. The summed E-state index contributed by atoms with van der Waals surface area (Å²) in [5.41, 5.74) is 0. The van der Waals surface area contributed by atoms with E-state index in [1.165, 1.54) is 6.42 Å². The van der Waals surface area contributed by atoms with Crippen LogP contribution in [0.25, 0.3) is 0 Å². The Hall–Kier alpha value is -0.860. The van der Waals surface area contributed by atoms with Gasteiger partial charge in [-0.3, -0.25) is 0 Å². The van der Waals surface area contributed by atoms with Crippen molar-refractivity contribution in [2.75, 3.05) is 14.2 Å². The number of hydrogen-bond acceptors (Lipinski definition) is 2. The zero-order valence-corrected chi connectivity index (χ0v) is 9.07. The molecule has 13 heavy (non-hydrogen) atoms. The number of aliphatic hydroxyl groups excluding tert-OH is 2. The van der Waals surface area contributed by atoms with Gasteiger partial charge in [0, 0.05) is 14.2 Å². The lowest BCUT2D eigenvalue weighted by molar-refractivity contribution is 0.399. The first-order valence-corrected chi connectivity index (χ1v) is 4.31. The van der Waals surface area contributed by atoms with Crippen LogP contribution < -0.4 is 0 Å². The van der Waals surface area contributed by atoms with Crippen LogP contribution in [0.1, 0.15) is 20.3 Å². The molecule has 2 nitrogen and oxygen atoms in total. The van der Waals surface area contributed by atoms with Crippen LogP contribution in [0.3, 0.4) is 0 Å². The summed E-state index contributed by atoms with van der Waals surface area (Å²) < 4.78 is 0. The molecule has 0 fully saturated rings. The maximum atomic E-state index is 7.00. The van der Waals surface area contributed by atoms with Crippen molar-refractivity contribution in [1.82, 2.24) is 0 Å². The zero-order valence-electron chi connectivity index (χ0n) is 9.07. The number of aliphatic hydroxyl groups is 2. The third-order valence-corrected chi connectivity index (χ3v) is 0.667. The molecule has 0 saturated heterocycles. The molecule has 0 radical (unpaired) electrons. The lowest BCUT2D eigenvalue weighted by Crippen LogP contribution is -1.47. The average Bonchev–Trinajstić information content (AvgIpc) is 2.27. The van der Waals surface area contributed by atoms with Crippen LogP contribution in [0.4, 0.5) is 0 Å². The van der Waals surface area contributed by atoms with Gasteiger partial charge in [-0.1, -0.05) is 56.7 Å². The molecule has 0 aromatic heterocycles. The van der Waals surface area contributed by atoms with E-state index in [4.69, 9.17) is 10.2 Å². The highest BCUT2D eigenvalue weighted by molar-refractivity contribution is 4.99. The van der Waals surface area contributed by atoms with Crippen LogP contribution in [-0.4, -0.2) is 24.4 Å². The molecule has 0 amide bonds. The molecule has 0 unspecified atom stereocenters. The fraction of sp³-hybridized carbons (Fsp3) is 0.455. The fourth-order valence-corrected chi connectivity index (χ4v) is 0.385. The maximum Gasteiger partial charge on any atom is 0.0319 e. The summed E-state index contributed by atoms with van der Waals surface area (Å²) in [6.45, 7) is 4.25. The van der Waals surface area contributed by atoms with E-state index in [1.54, 1.807) is 0 Å². The van der Waals surface area contributed by atoms with Crippen molar-refractivity contribution in [2.45, 2.75) is 20.3 Å². The van der Waals surface area contributed by atoms with Gasteiger partial charge in [0.2, 0.25) is 0 Å². The molecule has 0 aliphatic carbocycles. The van der Waals surface area contributed by atoms with Gasteiger partial charge in [0.25, 0.3) is 0 Å². The second kappa shape index (κ2) is 30.4. The first-order chi connectivity index (χ1) is 6.41. The van der Waals surface area contributed by atoms with Crippen molar-refractivity contribution < 1.29 is 10.2 Å². The largest absolute Gasteiger partial charge is 0.400 e. The summed E-state index contributed by atoms with van der Waals surface area (Å²) in [5, 5.41) is 14.0. The summed E-state index contributed by atoms with van der Waals surface area (Å²) in [6, 6.07) is 12.0. The Morgan fingerprint density at radius 1 is 0.615 bits per heavy atom. The fourth-order valence-electron chi connectivity index (χ4n) is 0.385. The first kappa shape index (κ1) is 18.0. The van der Waals surface area contributed by atoms with Crippen molar-refractivity contribution in [3.8, 4) is 0 Å². The van der Waals surface area contributed by atoms with Crippen LogP contribution >= 0.6 is 0 Å². The highest BCUT2D eigenvalue weighted by Crippen LogP contribution is 1.79. The summed E-state index contributed by atoms with van der Waals surface area (Å²) in [6.07, 6.45) is 1.25. The Morgan fingerprint density at radius 3 is 0.769 bits per heavy atom. The van der Waals surface area contributed by atoms with Crippen LogP contribution in [0.2, 0.25) is 0 Å². The van der Waals surface area contributed by atoms with Gasteiger partial charge in [-0.15, -0.1) is 0 Å². The Kier molecular flexibility index (Phi) is 42.1. The minimum atomic E-state index is 1.00. The van der Waals surface area contributed by atoms with E-state index in [1.807, 2.05) is 36.4 Å². The Balaban J connectivity index is -0.000000124. The lowest BCUT2D eigenvalue weighted by atomic mass is 10.4. The molecule has 0 saturated carbocycles. The molecule has 1 aromatic rings. The van der Waals surface area contributed by atoms with Crippen LogP contribution in [0.5, 0.6) is 0 Å². The Morgan fingerprint density at radius 2 is 0.692 bits per heavy atom. The minimum Gasteiger partial charge on any atom is -0.400 e. The predicted molar refractivity (Wildman–Crippen MR) is 58.7 cm³/mol. The van der Waals surface area contributed by atoms with Crippen molar-refractivity contribution in [3.05, 3.63) is 36.4 Å². The summed E-state index contributed by atoms with van der Waals surface area (Å²) in [7, 11) is 2.00. The lowest BCUT2D eigenvalue weighted by Gasteiger charge is -1.69. The topological polar surface area (TPSA) is 40.5 Å². The van der Waals surface area contributed by atoms with Gasteiger partial charge in [0.1, 0.15) is 0 Å². The SMILES string of the molecule is CCC.CO.CO.c1ccccc1. The summed E-state index contributed by atoms with van der Waals surface area (Å²) >= 11 is 0. The van der Waals surface area contributed by atoms with Gasteiger partial charge < -0.3 is 10.2 Å². The van der Waals surface area contributed by atoms with Gasteiger partial charge in [-0.25, -0.2) is 0 Å². The first-order valence-electron chi connectivity index (χ1n) is 4.31. The van der Waals surface area contributed by atoms with E-state index < -0.39 is 0 Å². The monoisotopic (exact) mass is 186 g/mol. The standard InChI is InChI=1S/C6H6.C3H8.2CH4O/c1-2-4-6-5-3-1;1-3-2;2*1-2/h1-6H;3H2,1-2H3;2*2H,1H3. The molecule has 0 spiro atoms. The van der Waals surface area contributed by atoms with Crippen LogP contribution in [0, 0.1) is 0 Å². The Labute approximate surface area is 81.9 Å². The predicted octanol–water partition coefficient (Wildman–Crippen LogP) is 2.32. The molecular formula is C11H22O2. The van der Waals surface area contributed by atoms with Gasteiger partial charge in [-0.05, 0) is 0 Å². The molecule has 1 aromatic carbocycles. The third-order valence-electron chi connectivity index (χ3n) is 0.667. The van der Waals surface area contributed by atoms with Crippen molar-refractivity contribution >= 4 is 0 Å². The molecule has 0 aliphatic heterocycles. The molecule has 0 bridgehead atoms. The second-order valence-corrected chi connectivity index (χ2v) is 1.86. The smallest absolute Gasteiger partial charge is 0.0319 e. The quantitative estimate of drug-likeness (QED) is 0.653. The highest BCUT2D eigenvalue weighted by atomic mass is 16.2. The zero-order chi connectivity index (χ0) is 10.9. The third kappa shape index (κ3) is 35.2. The van der Waals surface area contributed by atoms with Crippen molar-refractivity contribution in [3.63, 3.8) is 0 Å². The van der Waals surface area contributed by atoms with Crippen molar-refractivity contribution in [2.24, 2.45) is 0 Å². The molecule has 2 N–H and O–H groups in total. The highest BCUT2D eigenvalue weighted by Gasteiger charge is 1.57. The van der Waals surface area contributed by atoms with Crippen LogP contribution in [0.15, 0.2) is 36.4 Å². The Bertz CT molecular complexity index is 90.9. The van der Waals surface area contributed by atoms with E-state index in [9.17, 15) is 0 Å². The number of rotatable bonds is 0. The average molecular weight is 186 g/mol. The van der Waals surface area contributed by atoms with E-state index >= 15 is 0 Å². The molecule has 0 heterocycles. The molecule has 2 heteroatoms. The van der Waals surface area contributed by atoms with Gasteiger partial charge in [0.15, 0.2) is 0 Å². The van der Waals surface area contributed by atoms with Crippen molar-refractivity contribution in [1.29, 1.82) is 0 Å². The minimum absolute atomic E-state index is 1.00. The van der Waals surface area contributed by atoms with E-state index in [2.05, 4.69) is 13.8 Å². The van der Waals surface area contributed by atoms with E-state index in [0.717, 1.165) is 14.2 Å².